The van der Waals surface area contributed by atoms with Gasteiger partial charge in [-0.05, 0) is 28.5 Å². The minimum absolute atomic E-state index is 0.0147. The largest absolute Gasteiger partial charge is 0.358 e. The lowest BCUT2D eigenvalue weighted by atomic mass is 10.2. The van der Waals surface area contributed by atoms with E-state index in [1.165, 1.54) is 4.88 Å². The molecule has 0 saturated heterocycles. The third kappa shape index (κ3) is 4.06. The first-order valence-corrected chi connectivity index (χ1v) is 7.18. The van der Waals surface area contributed by atoms with Gasteiger partial charge in [-0.15, -0.1) is 11.3 Å². The van der Waals surface area contributed by atoms with Crippen LogP contribution in [0.1, 0.15) is 17.8 Å². The van der Waals surface area contributed by atoms with E-state index in [9.17, 15) is 4.79 Å². The fourth-order valence-corrected chi connectivity index (χ4v) is 3.25. The van der Waals surface area contributed by atoms with Crippen molar-refractivity contribution in [2.75, 3.05) is 26.7 Å². The molecule has 1 heterocycles. The number of halogens is 1. The second-order valence-corrected chi connectivity index (χ2v) is 5.51. The van der Waals surface area contributed by atoms with E-state index in [2.05, 4.69) is 32.2 Å². The number of carbonyl (C=O) groups excluding carboxylic acids is 1. The van der Waals surface area contributed by atoms with E-state index in [0.717, 1.165) is 11.0 Å². The van der Waals surface area contributed by atoms with Crippen molar-refractivity contribution >= 4 is 33.2 Å². The summed E-state index contributed by atoms with van der Waals surface area (Å²) in [5.74, 6) is 0.0147. The lowest BCUT2D eigenvalue weighted by Gasteiger charge is -2.28. The Bertz CT molecular complexity index is 369. The number of nitrogens with two attached hydrogens (primary N) is 1. The second kappa shape index (κ2) is 7.10. The summed E-state index contributed by atoms with van der Waals surface area (Å²) < 4.78 is 1.06. The van der Waals surface area contributed by atoms with Gasteiger partial charge in [-0.1, -0.05) is 6.92 Å². The summed E-state index contributed by atoms with van der Waals surface area (Å²) in [6.45, 7) is 3.72. The molecule has 0 spiro atoms. The third-order valence-corrected chi connectivity index (χ3v) is 4.41. The standard InChI is InChI=1S/C11H18BrN3OS/c1-3-15(6-11(16)14-2)9(5-13)10-4-8(12)7-17-10/h4,7,9H,3,5-6,13H2,1-2H3,(H,14,16). The average molecular weight is 320 g/mol. The van der Waals surface area contributed by atoms with Crippen molar-refractivity contribution in [1.82, 2.24) is 10.2 Å². The first-order chi connectivity index (χ1) is 8.12. The molecule has 1 rings (SSSR count). The zero-order chi connectivity index (χ0) is 12.8. The van der Waals surface area contributed by atoms with Gasteiger partial charge in [0.25, 0.3) is 0 Å². The number of amides is 1. The topological polar surface area (TPSA) is 58.4 Å². The highest BCUT2D eigenvalue weighted by Crippen LogP contribution is 2.28. The lowest BCUT2D eigenvalue weighted by Crippen LogP contribution is -2.40. The van der Waals surface area contributed by atoms with Crippen LogP contribution in [0.2, 0.25) is 0 Å². The Morgan fingerprint density at radius 1 is 1.71 bits per heavy atom. The summed E-state index contributed by atoms with van der Waals surface area (Å²) in [4.78, 5) is 14.7. The molecule has 0 aliphatic heterocycles. The molecule has 1 unspecified atom stereocenters. The summed E-state index contributed by atoms with van der Waals surface area (Å²) in [6, 6.07) is 2.17. The molecular formula is C11H18BrN3OS. The number of nitrogens with zero attached hydrogens (tertiary/aromatic N) is 1. The fraction of sp³-hybridized carbons (Fsp3) is 0.545. The van der Waals surface area contributed by atoms with E-state index < -0.39 is 0 Å². The predicted octanol–water partition coefficient (Wildman–Crippen LogP) is 1.58. The predicted molar refractivity (Wildman–Crippen MR) is 75.1 cm³/mol. The normalized spacial score (nSPS) is 12.8. The monoisotopic (exact) mass is 319 g/mol. The number of likely N-dealkylation sites (N-methyl/N-ethyl adjacent to an activating group) is 2. The molecule has 0 saturated carbocycles. The Morgan fingerprint density at radius 3 is 2.82 bits per heavy atom. The lowest BCUT2D eigenvalue weighted by molar-refractivity contribution is -0.122. The Labute approximate surface area is 114 Å². The number of carbonyl (C=O) groups is 1. The maximum atomic E-state index is 11.4. The van der Waals surface area contributed by atoms with Gasteiger partial charge >= 0.3 is 0 Å². The van der Waals surface area contributed by atoms with Crippen molar-refractivity contribution in [3.8, 4) is 0 Å². The SMILES string of the molecule is CCN(CC(=O)NC)C(CN)c1cc(Br)cs1. The number of hydrogen-bond donors (Lipinski definition) is 2. The molecule has 1 aromatic heterocycles. The van der Waals surface area contributed by atoms with Crippen molar-refractivity contribution < 1.29 is 4.79 Å². The average Bonchev–Trinajstić information content (AvgIpc) is 2.75. The van der Waals surface area contributed by atoms with Crippen LogP contribution in [0.3, 0.4) is 0 Å². The third-order valence-electron chi connectivity index (χ3n) is 2.61. The van der Waals surface area contributed by atoms with Crippen molar-refractivity contribution in [2.45, 2.75) is 13.0 Å². The van der Waals surface area contributed by atoms with Crippen LogP contribution in [0.25, 0.3) is 0 Å². The molecule has 1 atom stereocenters. The molecular weight excluding hydrogens is 302 g/mol. The number of hydrogen-bond acceptors (Lipinski definition) is 4. The molecule has 6 heteroatoms. The van der Waals surface area contributed by atoms with E-state index in [1.807, 2.05) is 12.3 Å². The Balaban J connectivity index is 2.79. The molecule has 4 nitrogen and oxygen atoms in total. The second-order valence-electron chi connectivity index (χ2n) is 3.66. The van der Waals surface area contributed by atoms with Gasteiger partial charge in [-0.2, -0.15) is 0 Å². The summed E-state index contributed by atoms with van der Waals surface area (Å²) >= 11 is 5.10. The zero-order valence-corrected chi connectivity index (χ0v) is 12.5. The fourth-order valence-electron chi connectivity index (χ4n) is 1.65. The van der Waals surface area contributed by atoms with Gasteiger partial charge in [0.2, 0.25) is 5.91 Å². The van der Waals surface area contributed by atoms with Crippen molar-refractivity contribution in [1.29, 1.82) is 0 Å². The van der Waals surface area contributed by atoms with Gasteiger partial charge in [0, 0.05) is 28.3 Å². The summed E-state index contributed by atoms with van der Waals surface area (Å²) in [7, 11) is 1.65. The Morgan fingerprint density at radius 2 is 2.41 bits per heavy atom. The molecule has 0 aromatic carbocycles. The van der Waals surface area contributed by atoms with Crippen LogP contribution in [-0.4, -0.2) is 37.5 Å². The maximum Gasteiger partial charge on any atom is 0.233 e. The minimum atomic E-state index is 0.0147. The summed E-state index contributed by atoms with van der Waals surface area (Å²) in [5.41, 5.74) is 5.83. The van der Waals surface area contributed by atoms with Crippen LogP contribution >= 0.6 is 27.3 Å². The van der Waals surface area contributed by atoms with Gasteiger partial charge in [0.05, 0.1) is 12.6 Å². The van der Waals surface area contributed by atoms with E-state index in [0.29, 0.717) is 13.1 Å². The first kappa shape index (κ1) is 14.6. The van der Waals surface area contributed by atoms with Crippen LogP contribution in [0.5, 0.6) is 0 Å². The van der Waals surface area contributed by atoms with Gasteiger partial charge < -0.3 is 11.1 Å². The van der Waals surface area contributed by atoms with E-state index in [4.69, 9.17) is 5.73 Å². The maximum absolute atomic E-state index is 11.4. The van der Waals surface area contributed by atoms with Gasteiger partial charge in [0.1, 0.15) is 0 Å². The highest BCUT2D eigenvalue weighted by atomic mass is 79.9. The number of nitrogens with one attached hydrogen (secondary N) is 1. The molecule has 17 heavy (non-hydrogen) atoms. The molecule has 1 amide bonds. The first-order valence-electron chi connectivity index (χ1n) is 5.51. The van der Waals surface area contributed by atoms with Crippen LogP contribution in [0.4, 0.5) is 0 Å². The van der Waals surface area contributed by atoms with E-state index in [-0.39, 0.29) is 11.9 Å². The Hall–Kier alpha value is -0.430. The van der Waals surface area contributed by atoms with Crippen LogP contribution in [-0.2, 0) is 4.79 Å². The molecule has 0 fully saturated rings. The molecule has 0 bridgehead atoms. The highest BCUT2D eigenvalue weighted by molar-refractivity contribution is 9.10. The molecule has 0 aliphatic carbocycles. The van der Waals surface area contributed by atoms with Gasteiger partial charge in [-0.25, -0.2) is 0 Å². The number of rotatable bonds is 6. The quantitative estimate of drug-likeness (QED) is 0.837. The highest BCUT2D eigenvalue weighted by Gasteiger charge is 2.21. The molecule has 3 N–H and O–H groups in total. The van der Waals surface area contributed by atoms with E-state index in [1.54, 1.807) is 18.4 Å². The van der Waals surface area contributed by atoms with Crippen LogP contribution in [0, 0.1) is 0 Å². The molecule has 0 aliphatic rings. The molecule has 0 radical (unpaired) electrons. The smallest absolute Gasteiger partial charge is 0.233 e. The van der Waals surface area contributed by atoms with Crippen LogP contribution in [0.15, 0.2) is 15.9 Å². The summed E-state index contributed by atoms with van der Waals surface area (Å²) in [6.07, 6.45) is 0. The summed E-state index contributed by atoms with van der Waals surface area (Å²) in [5, 5.41) is 4.67. The van der Waals surface area contributed by atoms with Gasteiger partial charge in [-0.3, -0.25) is 9.69 Å². The molecule has 1 aromatic rings. The van der Waals surface area contributed by atoms with E-state index >= 15 is 0 Å². The van der Waals surface area contributed by atoms with Crippen molar-refractivity contribution in [3.05, 3.63) is 20.8 Å². The minimum Gasteiger partial charge on any atom is -0.358 e. The van der Waals surface area contributed by atoms with Gasteiger partial charge in [0.15, 0.2) is 0 Å². The zero-order valence-electron chi connectivity index (χ0n) is 10.1. The van der Waals surface area contributed by atoms with Crippen molar-refractivity contribution in [3.63, 3.8) is 0 Å². The molecule has 96 valence electrons. The van der Waals surface area contributed by atoms with Crippen molar-refractivity contribution in [2.24, 2.45) is 5.73 Å². The number of thiophene rings is 1. The Kier molecular flexibility index (Phi) is 6.11. The van der Waals surface area contributed by atoms with Crippen LogP contribution < -0.4 is 11.1 Å².